The van der Waals surface area contributed by atoms with Gasteiger partial charge in [0.05, 0.1) is 5.52 Å². The molecule has 0 aliphatic heterocycles. The summed E-state index contributed by atoms with van der Waals surface area (Å²) in [6.07, 6.45) is 2.23. The van der Waals surface area contributed by atoms with Crippen molar-refractivity contribution in [3.8, 4) is 0 Å². The highest BCUT2D eigenvalue weighted by atomic mass is 16.4. The molecule has 4 nitrogen and oxygen atoms in total. The van der Waals surface area contributed by atoms with E-state index in [4.69, 9.17) is 5.11 Å². The number of nitrogens with zero attached hydrogens (tertiary/aromatic N) is 1. The molecule has 1 aromatic heterocycles. The van der Waals surface area contributed by atoms with Gasteiger partial charge < -0.3 is 9.67 Å². The molecule has 0 bridgehead atoms. The van der Waals surface area contributed by atoms with Crippen molar-refractivity contribution in [2.45, 2.75) is 26.8 Å². The first-order chi connectivity index (χ1) is 8.58. The summed E-state index contributed by atoms with van der Waals surface area (Å²) in [4.78, 5) is 23.2. The Kier molecular flexibility index (Phi) is 3.19. The minimum atomic E-state index is -1.17. The van der Waals surface area contributed by atoms with Gasteiger partial charge in [-0.3, -0.25) is 4.79 Å². The molecule has 18 heavy (non-hydrogen) atoms. The van der Waals surface area contributed by atoms with Crippen molar-refractivity contribution >= 4 is 16.9 Å². The summed E-state index contributed by atoms with van der Waals surface area (Å²) in [6, 6.07) is 5.63. The lowest BCUT2D eigenvalue weighted by molar-refractivity contribution is 0.0695. The summed E-state index contributed by atoms with van der Waals surface area (Å²) < 4.78 is 1.79. The van der Waals surface area contributed by atoms with E-state index in [9.17, 15) is 9.59 Å². The molecule has 0 unspecified atom stereocenters. The Labute approximate surface area is 104 Å². The van der Waals surface area contributed by atoms with Crippen LogP contribution in [-0.2, 0) is 13.0 Å². The van der Waals surface area contributed by atoms with Gasteiger partial charge in [0.2, 0.25) is 5.43 Å². The van der Waals surface area contributed by atoms with Gasteiger partial charge in [-0.2, -0.15) is 0 Å². The highest BCUT2D eigenvalue weighted by Gasteiger charge is 2.13. The van der Waals surface area contributed by atoms with Crippen molar-refractivity contribution in [3.63, 3.8) is 0 Å². The third-order valence-corrected chi connectivity index (χ3v) is 3.12. The van der Waals surface area contributed by atoms with E-state index in [1.165, 1.54) is 6.20 Å². The third-order valence-electron chi connectivity index (χ3n) is 3.12. The number of hydrogen-bond donors (Lipinski definition) is 1. The van der Waals surface area contributed by atoms with Gasteiger partial charge in [-0.1, -0.05) is 13.0 Å². The van der Waals surface area contributed by atoms with Crippen LogP contribution in [0.1, 0.15) is 29.8 Å². The highest BCUT2D eigenvalue weighted by molar-refractivity contribution is 5.92. The Bertz CT molecular complexity index is 671. The molecule has 1 heterocycles. The fraction of sp³-hybridized carbons (Fsp3) is 0.286. The van der Waals surface area contributed by atoms with Crippen molar-refractivity contribution in [1.82, 2.24) is 4.57 Å². The number of carboxylic acids is 1. The molecule has 0 saturated carbocycles. The van der Waals surface area contributed by atoms with Crippen LogP contribution < -0.4 is 5.43 Å². The molecule has 0 amide bonds. The van der Waals surface area contributed by atoms with Crippen LogP contribution in [0.4, 0.5) is 0 Å². The predicted molar refractivity (Wildman–Crippen MR) is 70.2 cm³/mol. The van der Waals surface area contributed by atoms with Gasteiger partial charge >= 0.3 is 5.97 Å². The summed E-state index contributed by atoms with van der Waals surface area (Å²) >= 11 is 0. The van der Waals surface area contributed by atoms with Gasteiger partial charge in [0.25, 0.3) is 0 Å². The van der Waals surface area contributed by atoms with Crippen LogP contribution in [0.5, 0.6) is 0 Å². The van der Waals surface area contributed by atoms with Crippen molar-refractivity contribution in [2.75, 3.05) is 0 Å². The summed E-state index contributed by atoms with van der Waals surface area (Å²) in [7, 11) is 0. The van der Waals surface area contributed by atoms with E-state index in [-0.39, 0.29) is 5.56 Å². The SMILES string of the molecule is CCc1ccc2c(c1)c(=O)c(C(=O)O)cn2CC. The molecule has 0 aliphatic carbocycles. The Morgan fingerprint density at radius 3 is 2.61 bits per heavy atom. The average molecular weight is 245 g/mol. The first kappa shape index (κ1) is 12.4. The summed E-state index contributed by atoms with van der Waals surface area (Å²) in [5, 5.41) is 9.54. The van der Waals surface area contributed by atoms with E-state index >= 15 is 0 Å². The topological polar surface area (TPSA) is 59.3 Å². The molecule has 0 fully saturated rings. The number of carboxylic acid groups (broad SMARTS) is 1. The second-order valence-corrected chi connectivity index (χ2v) is 4.17. The molecular weight excluding hydrogens is 230 g/mol. The van der Waals surface area contributed by atoms with Gasteiger partial charge in [0, 0.05) is 18.1 Å². The van der Waals surface area contributed by atoms with Crippen LogP contribution in [0.2, 0.25) is 0 Å². The summed E-state index contributed by atoms with van der Waals surface area (Å²) in [6.45, 7) is 4.55. The van der Waals surface area contributed by atoms with Gasteiger partial charge in [-0.25, -0.2) is 4.79 Å². The first-order valence-corrected chi connectivity index (χ1v) is 5.97. The highest BCUT2D eigenvalue weighted by Crippen LogP contribution is 2.15. The number of carbonyl (C=O) groups is 1. The van der Waals surface area contributed by atoms with E-state index in [1.54, 1.807) is 10.6 Å². The molecule has 2 rings (SSSR count). The number of fused-ring (bicyclic) bond motifs is 1. The van der Waals surface area contributed by atoms with E-state index < -0.39 is 11.4 Å². The molecule has 0 saturated heterocycles. The first-order valence-electron chi connectivity index (χ1n) is 5.97. The van der Waals surface area contributed by atoms with Crippen molar-refractivity contribution in [1.29, 1.82) is 0 Å². The largest absolute Gasteiger partial charge is 0.477 e. The second kappa shape index (κ2) is 4.64. The molecule has 0 radical (unpaired) electrons. The molecule has 94 valence electrons. The zero-order valence-electron chi connectivity index (χ0n) is 10.4. The molecular formula is C14H15NO3. The fourth-order valence-corrected chi connectivity index (χ4v) is 2.08. The van der Waals surface area contributed by atoms with E-state index in [0.717, 1.165) is 17.5 Å². The van der Waals surface area contributed by atoms with Crippen molar-refractivity contribution in [2.24, 2.45) is 0 Å². The maximum Gasteiger partial charge on any atom is 0.341 e. The molecule has 0 atom stereocenters. The number of rotatable bonds is 3. The van der Waals surface area contributed by atoms with Gasteiger partial charge in [0.1, 0.15) is 5.56 Å². The number of aryl methyl sites for hydroxylation is 2. The lowest BCUT2D eigenvalue weighted by Gasteiger charge is -2.10. The normalized spacial score (nSPS) is 10.8. The molecule has 2 aromatic rings. The maximum absolute atomic E-state index is 12.1. The second-order valence-electron chi connectivity index (χ2n) is 4.17. The van der Waals surface area contributed by atoms with E-state index in [0.29, 0.717) is 11.9 Å². The molecule has 4 heteroatoms. The Balaban J connectivity index is 2.90. The lowest BCUT2D eigenvalue weighted by atomic mass is 10.1. The van der Waals surface area contributed by atoms with Crippen LogP contribution in [0.3, 0.4) is 0 Å². The lowest BCUT2D eigenvalue weighted by Crippen LogP contribution is -2.18. The zero-order chi connectivity index (χ0) is 13.3. The fourth-order valence-electron chi connectivity index (χ4n) is 2.08. The van der Waals surface area contributed by atoms with Gasteiger partial charge in [-0.05, 0) is 31.0 Å². The standard InChI is InChI=1S/C14H15NO3/c1-3-9-5-6-12-10(7-9)13(16)11(14(17)18)8-15(12)4-2/h5-8H,3-4H2,1-2H3,(H,17,18). The predicted octanol–water partition coefficient (Wildman–Crippen LogP) is 2.28. The molecule has 0 aliphatic rings. The smallest absolute Gasteiger partial charge is 0.341 e. The van der Waals surface area contributed by atoms with Crippen LogP contribution in [0, 0.1) is 0 Å². The summed E-state index contributed by atoms with van der Waals surface area (Å²) in [5.74, 6) is -1.17. The maximum atomic E-state index is 12.1. The van der Waals surface area contributed by atoms with Crippen LogP contribution in [-0.4, -0.2) is 15.6 Å². The zero-order valence-corrected chi connectivity index (χ0v) is 10.4. The monoisotopic (exact) mass is 245 g/mol. The Morgan fingerprint density at radius 2 is 2.06 bits per heavy atom. The minimum absolute atomic E-state index is 0.169. The van der Waals surface area contributed by atoms with Gasteiger partial charge in [-0.15, -0.1) is 0 Å². The average Bonchev–Trinajstić information content (AvgIpc) is 2.38. The van der Waals surface area contributed by atoms with Crippen LogP contribution in [0.25, 0.3) is 10.9 Å². The number of aromatic carboxylic acids is 1. The van der Waals surface area contributed by atoms with Crippen LogP contribution >= 0.6 is 0 Å². The number of pyridine rings is 1. The van der Waals surface area contributed by atoms with Crippen molar-refractivity contribution < 1.29 is 9.90 Å². The number of hydrogen-bond acceptors (Lipinski definition) is 2. The number of benzene rings is 1. The Hall–Kier alpha value is -2.10. The van der Waals surface area contributed by atoms with Gasteiger partial charge in [0.15, 0.2) is 0 Å². The molecule has 1 N–H and O–H groups in total. The third kappa shape index (κ3) is 1.90. The van der Waals surface area contributed by atoms with Crippen molar-refractivity contribution in [3.05, 3.63) is 45.7 Å². The number of aromatic nitrogens is 1. The molecule has 0 spiro atoms. The Morgan fingerprint density at radius 1 is 1.33 bits per heavy atom. The molecule has 1 aromatic carbocycles. The van der Waals surface area contributed by atoms with Crippen LogP contribution in [0.15, 0.2) is 29.2 Å². The quantitative estimate of drug-likeness (QED) is 0.902. The minimum Gasteiger partial charge on any atom is -0.477 e. The van der Waals surface area contributed by atoms with E-state index in [1.807, 2.05) is 26.0 Å². The van der Waals surface area contributed by atoms with E-state index in [2.05, 4.69) is 0 Å². The summed E-state index contributed by atoms with van der Waals surface area (Å²) in [5.41, 5.74) is 1.24.